The van der Waals surface area contributed by atoms with E-state index in [0.717, 1.165) is 24.8 Å². The molecule has 1 rings (SSSR count). The first kappa shape index (κ1) is 15.1. The second-order valence-electron chi connectivity index (χ2n) is 4.48. The van der Waals surface area contributed by atoms with Gasteiger partial charge in [0, 0.05) is 13.0 Å². The number of hydrogen-bond acceptors (Lipinski definition) is 1. The van der Waals surface area contributed by atoms with E-state index in [2.05, 4.69) is 23.5 Å². The fraction of sp³-hybridized carbons (Fsp3) is 0.438. The lowest BCUT2D eigenvalue weighted by molar-refractivity contribution is 0.237. The molecule has 1 atom stereocenters. The van der Waals surface area contributed by atoms with Gasteiger partial charge in [0.15, 0.2) is 0 Å². The molecule has 0 bridgehead atoms. The molecule has 1 aromatic rings. The largest absolute Gasteiger partial charge is 0.338 e. The number of rotatable bonds is 7. The van der Waals surface area contributed by atoms with Crippen molar-refractivity contribution in [2.75, 3.05) is 6.54 Å². The fourth-order valence-corrected chi connectivity index (χ4v) is 1.84. The summed E-state index contributed by atoms with van der Waals surface area (Å²) in [6.45, 7) is 2.84. The number of benzene rings is 1. The van der Waals surface area contributed by atoms with E-state index in [0.29, 0.717) is 13.0 Å². The lowest BCUT2D eigenvalue weighted by Crippen LogP contribution is -2.38. The SMILES string of the molecule is C#CC[C@H](NC(=O)NCCCCC)c1ccccc1. The summed E-state index contributed by atoms with van der Waals surface area (Å²) in [5.74, 6) is 2.61. The van der Waals surface area contributed by atoms with Crippen molar-refractivity contribution in [3.05, 3.63) is 35.9 Å². The summed E-state index contributed by atoms with van der Waals surface area (Å²) in [4.78, 5) is 11.8. The van der Waals surface area contributed by atoms with Crippen molar-refractivity contribution in [2.45, 2.75) is 38.6 Å². The molecule has 0 aromatic heterocycles. The zero-order valence-electron chi connectivity index (χ0n) is 11.5. The normalized spacial score (nSPS) is 11.4. The molecule has 0 fully saturated rings. The number of urea groups is 1. The Bertz CT molecular complexity index is 409. The second-order valence-corrected chi connectivity index (χ2v) is 4.48. The van der Waals surface area contributed by atoms with Gasteiger partial charge in [0.2, 0.25) is 0 Å². The van der Waals surface area contributed by atoms with Crippen LogP contribution in [-0.4, -0.2) is 12.6 Å². The summed E-state index contributed by atoms with van der Waals surface area (Å²) in [7, 11) is 0. The lowest BCUT2D eigenvalue weighted by atomic mass is 10.0. The minimum Gasteiger partial charge on any atom is -0.338 e. The van der Waals surface area contributed by atoms with Gasteiger partial charge in [0.05, 0.1) is 6.04 Å². The number of unbranched alkanes of at least 4 members (excludes halogenated alkanes) is 2. The molecule has 0 unspecified atom stereocenters. The van der Waals surface area contributed by atoms with Gasteiger partial charge in [-0.1, -0.05) is 50.1 Å². The molecule has 0 radical (unpaired) electrons. The summed E-state index contributed by atoms with van der Waals surface area (Å²) in [6, 6.07) is 9.50. The van der Waals surface area contributed by atoms with Crippen molar-refractivity contribution in [3.63, 3.8) is 0 Å². The van der Waals surface area contributed by atoms with Gasteiger partial charge >= 0.3 is 6.03 Å². The summed E-state index contributed by atoms with van der Waals surface area (Å²) in [5, 5.41) is 5.78. The van der Waals surface area contributed by atoms with Crippen LogP contribution < -0.4 is 10.6 Å². The van der Waals surface area contributed by atoms with E-state index in [1.54, 1.807) is 0 Å². The molecule has 3 heteroatoms. The highest BCUT2D eigenvalue weighted by molar-refractivity contribution is 5.74. The second kappa shape index (κ2) is 9.04. The Kier molecular flexibility index (Phi) is 7.19. The monoisotopic (exact) mass is 258 g/mol. The first-order valence-electron chi connectivity index (χ1n) is 6.80. The molecule has 0 saturated carbocycles. The number of hydrogen-bond donors (Lipinski definition) is 2. The van der Waals surface area contributed by atoms with Gasteiger partial charge < -0.3 is 10.6 Å². The van der Waals surface area contributed by atoms with Gasteiger partial charge in [-0.05, 0) is 12.0 Å². The molecule has 1 aromatic carbocycles. The molecular formula is C16H22N2O. The van der Waals surface area contributed by atoms with E-state index >= 15 is 0 Å². The molecule has 0 saturated heterocycles. The Morgan fingerprint density at radius 2 is 2.05 bits per heavy atom. The third kappa shape index (κ3) is 5.96. The topological polar surface area (TPSA) is 41.1 Å². The maximum Gasteiger partial charge on any atom is 0.315 e. The Hall–Kier alpha value is -1.95. The summed E-state index contributed by atoms with van der Waals surface area (Å²) in [6.07, 6.45) is 9.14. The van der Waals surface area contributed by atoms with Gasteiger partial charge in [-0.25, -0.2) is 4.79 Å². The van der Waals surface area contributed by atoms with Crippen LogP contribution in [0, 0.1) is 12.3 Å². The van der Waals surface area contributed by atoms with Crippen LogP contribution in [0.4, 0.5) is 4.79 Å². The Morgan fingerprint density at radius 1 is 1.32 bits per heavy atom. The number of carbonyl (C=O) groups excluding carboxylic acids is 1. The van der Waals surface area contributed by atoms with Crippen molar-refractivity contribution in [1.82, 2.24) is 10.6 Å². The standard InChI is InChI=1S/C16H22N2O/c1-3-5-9-13-17-16(19)18-15(10-4-2)14-11-7-6-8-12-14/h2,6-8,11-12,15H,3,5,9-10,13H2,1H3,(H2,17,18,19)/t15-/m0/s1. The van der Waals surface area contributed by atoms with E-state index in [4.69, 9.17) is 6.42 Å². The summed E-state index contributed by atoms with van der Waals surface area (Å²) in [5.41, 5.74) is 1.03. The summed E-state index contributed by atoms with van der Waals surface area (Å²) < 4.78 is 0. The van der Waals surface area contributed by atoms with Crippen LogP contribution in [0.3, 0.4) is 0 Å². The molecule has 3 nitrogen and oxygen atoms in total. The van der Waals surface area contributed by atoms with Crippen LogP contribution in [0.25, 0.3) is 0 Å². The molecule has 0 spiro atoms. The van der Waals surface area contributed by atoms with Crippen molar-refractivity contribution in [1.29, 1.82) is 0 Å². The van der Waals surface area contributed by atoms with Crippen molar-refractivity contribution in [3.8, 4) is 12.3 Å². The van der Waals surface area contributed by atoms with E-state index < -0.39 is 0 Å². The highest BCUT2D eigenvalue weighted by Gasteiger charge is 2.12. The maximum absolute atomic E-state index is 11.8. The maximum atomic E-state index is 11.8. The van der Waals surface area contributed by atoms with Crippen molar-refractivity contribution < 1.29 is 4.79 Å². The molecule has 0 aliphatic rings. The van der Waals surface area contributed by atoms with E-state index in [-0.39, 0.29) is 12.1 Å². The van der Waals surface area contributed by atoms with Crippen LogP contribution in [-0.2, 0) is 0 Å². The Labute approximate surface area is 115 Å². The van der Waals surface area contributed by atoms with Gasteiger partial charge in [-0.3, -0.25) is 0 Å². The van der Waals surface area contributed by atoms with E-state index in [9.17, 15) is 4.79 Å². The number of amides is 2. The van der Waals surface area contributed by atoms with Gasteiger partial charge in [0.1, 0.15) is 0 Å². The molecule has 102 valence electrons. The number of carbonyl (C=O) groups is 1. The highest BCUT2D eigenvalue weighted by Crippen LogP contribution is 2.15. The van der Waals surface area contributed by atoms with E-state index in [1.165, 1.54) is 0 Å². The molecular weight excluding hydrogens is 236 g/mol. The Morgan fingerprint density at radius 3 is 2.68 bits per heavy atom. The predicted molar refractivity (Wildman–Crippen MR) is 78.7 cm³/mol. The zero-order chi connectivity index (χ0) is 13.9. The first-order chi connectivity index (χ1) is 9.27. The summed E-state index contributed by atoms with van der Waals surface area (Å²) >= 11 is 0. The molecule has 0 heterocycles. The Balaban J connectivity index is 2.46. The van der Waals surface area contributed by atoms with E-state index in [1.807, 2.05) is 30.3 Å². The highest BCUT2D eigenvalue weighted by atomic mass is 16.2. The molecule has 2 amide bonds. The minimum atomic E-state index is -0.153. The molecule has 0 aliphatic carbocycles. The zero-order valence-corrected chi connectivity index (χ0v) is 11.5. The van der Waals surface area contributed by atoms with Crippen molar-refractivity contribution >= 4 is 6.03 Å². The van der Waals surface area contributed by atoms with Crippen LogP contribution >= 0.6 is 0 Å². The number of terminal acetylenes is 1. The van der Waals surface area contributed by atoms with Crippen LogP contribution in [0.1, 0.15) is 44.2 Å². The minimum absolute atomic E-state index is 0.127. The van der Waals surface area contributed by atoms with Crippen LogP contribution in [0.2, 0.25) is 0 Å². The van der Waals surface area contributed by atoms with Gasteiger partial charge in [-0.2, -0.15) is 0 Å². The molecule has 2 N–H and O–H groups in total. The molecule has 0 aliphatic heterocycles. The first-order valence-corrected chi connectivity index (χ1v) is 6.80. The average Bonchev–Trinajstić information content (AvgIpc) is 2.44. The lowest BCUT2D eigenvalue weighted by Gasteiger charge is -2.17. The van der Waals surface area contributed by atoms with Crippen LogP contribution in [0.5, 0.6) is 0 Å². The van der Waals surface area contributed by atoms with Gasteiger partial charge in [-0.15, -0.1) is 12.3 Å². The van der Waals surface area contributed by atoms with Crippen LogP contribution in [0.15, 0.2) is 30.3 Å². The fourth-order valence-electron chi connectivity index (χ4n) is 1.84. The predicted octanol–water partition coefficient (Wildman–Crippen LogP) is 3.24. The number of nitrogens with one attached hydrogen (secondary N) is 2. The van der Waals surface area contributed by atoms with Gasteiger partial charge in [0.25, 0.3) is 0 Å². The third-order valence-corrected chi connectivity index (χ3v) is 2.90. The quantitative estimate of drug-likeness (QED) is 0.572. The third-order valence-electron chi connectivity index (χ3n) is 2.90. The molecule has 19 heavy (non-hydrogen) atoms. The smallest absolute Gasteiger partial charge is 0.315 e. The van der Waals surface area contributed by atoms with Crippen molar-refractivity contribution in [2.24, 2.45) is 0 Å². The average molecular weight is 258 g/mol.